The van der Waals surface area contributed by atoms with E-state index < -0.39 is 4.87 Å². The molecule has 0 aliphatic carbocycles. The van der Waals surface area contributed by atoms with Crippen molar-refractivity contribution in [3.63, 3.8) is 0 Å². The highest BCUT2D eigenvalue weighted by Crippen LogP contribution is 2.45. The summed E-state index contributed by atoms with van der Waals surface area (Å²) in [6.45, 7) is 8.41. The first-order valence-corrected chi connectivity index (χ1v) is 5.46. The summed E-state index contributed by atoms with van der Waals surface area (Å²) in [5, 5.41) is 0.735. The number of hydrogen-bond acceptors (Lipinski definition) is 0. The van der Waals surface area contributed by atoms with E-state index in [-0.39, 0.29) is 5.41 Å². The lowest BCUT2D eigenvalue weighted by molar-refractivity contribution is 0.296. The normalized spacial score (nSPS) is 16.4. The maximum Gasteiger partial charge on any atom is 0.0715 e. The van der Waals surface area contributed by atoms with E-state index >= 15 is 0 Å². The van der Waals surface area contributed by atoms with Crippen molar-refractivity contribution in [3.05, 3.63) is 34.9 Å². The summed E-state index contributed by atoms with van der Waals surface area (Å²) >= 11 is 12.5. The van der Waals surface area contributed by atoms with Gasteiger partial charge >= 0.3 is 0 Å². The quantitative estimate of drug-likeness (QED) is 0.606. The van der Waals surface area contributed by atoms with Gasteiger partial charge in [-0.15, -0.1) is 11.6 Å². The zero-order chi connectivity index (χ0) is 11.0. The Balaban J connectivity index is 3.16. The van der Waals surface area contributed by atoms with Crippen LogP contribution in [0.25, 0.3) is 0 Å². The van der Waals surface area contributed by atoms with Gasteiger partial charge in [-0.1, -0.05) is 44.5 Å². The van der Waals surface area contributed by atoms with Gasteiger partial charge in [-0.3, -0.25) is 0 Å². The molecular weight excluding hydrogens is 215 g/mol. The molecule has 0 amide bonds. The van der Waals surface area contributed by atoms with Crippen molar-refractivity contribution >= 4 is 23.2 Å². The van der Waals surface area contributed by atoms with Crippen LogP contribution in [0.1, 0.15) is 33.3 Å². The number of hydrogen-bond donors (Lipinski definition) is 0. The summed E-state index contributed by atoms with van der Waals surface area (Å²) in [6.07, 6.45) is 0. The fourth-order valence-corrected chi connectivity index (χ4v) is 1.52. The predicted octanol–water partition coefficient (Wildman–Crippen LogP) is 4.84. The van der Waals surface area contributed by atoms with Gasteiger partial charge in [0.15, 0.2) is 0 Å². The summed E-state index contributed by atoms with van der Waals surface area (Å²) in [6, 6.07) is 7.74. The number of rotatable bonds is 1. The summed E-state index contributed by atoms with van der Waals surface area (Å²) in [4.78, 5) is -0.391. The van der Waals surface area contributed by atoms with E-state index in [2.05, 4.69) is 20.8 Å². The molecule has 0 saturated heterocycles. The number of benzene rings is 1. The standard InChI is InChI=1S/C12H16Cl2/c1-11(2,3)12(4,14)9-6-5-7-10(13)8-9/h5-8H,1-4H3. The van der Waals surface area contributed by atoms with Crippen molar-refractivity contribution in [1.29, 1.82) is 0 Å². The summed E-state index contributed by atoms with van der Waals surface area (Å²) in [7, 11) is 0. The summed E-state index contributed by atoms with van der Waals surface area (Å²) in [5.41, 5.74) is 1.07. The highest BCUT2D eigenvalue weighted by atomic mass is 35.5. The number of halogens is 2. The highest BCUT2D eigenvalue weighted by molar-refractivity contribution is 6.31. The molecule has 78 valence electrons. The Morgan fingerprint density at radius 2 is 1.64 bits per heavy atom. The van der Waals surface area contributed by atoms with Crippen molar-refractivity contribution in [2.45, 2.75) is 32.6 Å². The van der Waals surface area contributed by atoms with Crippen molar-refractivity contribution in [2.75, 3.05) is 0 Å². The van der Waals surface area contributed by atoms with Crippen molar-refractivity contribution in [3.8, 4) is 0 Å². The highest BCUT2D eigenvalue weighted by Gasteiger charge is 2.36. The van der Waals surface area contributed by atoms with Gasteiger partial charge in [0.05, 0.1) is 4.87 Å². The fourth-order valence-electron chi connectivity index (χ4n) is 1.21. The van der Waals surface area contributed by atoms with E-state index in [9.17, 15) is 0 Å². The van der Waals surface area contributed by atoms with Crippen molar-refractivity contribution < 1.29 is 0 Å². The predicted molar refractivity (Wildman–Crippen MR) is 64.1 cm³/mol. The molecule has 0 bridgehead atoms. The average Bonchev–Trinajstić information content (AvgIpc) is 2.02. The molecule has 1 atom stereocenters. The first-order chi connectivity index (χ1) is 6.25. The molecule has 0 N–H and O–H groups in total. The lowest BCUT2D eigenvalue weighted by Gasteiger charge is -2.36. The Hall–Kier alpha value is -0.200. The summed E-state index contributed by atoms with van der Waals surface area (Å²) < 4.78 is 0. The molecule has 0 radical (unpaired) electrons. The van der Waals surface area contributed by atoms with Gasteiger partial charge in [-0.25, -0.2) is 0 Å². The van der Waals surface area contributed by atoms with Crippen molar-refractivity contribution in [1.82, 2.24) is 0 Å². The maximum atomic E-state index is 6.55. The second-order valence-electron chi connectivity index (χ2n) is 4.76. The Labute approximate surface area is 96.2 Å². The average molecular weight is 231 g/mol. The second-order valence-corrected chi connectivity index (χ2v) is 5.96. The molecule has 0 aliphatic rings. The van der Waals surface area contributed by atoms with Crippen molar-refractivity contribution in [2.24, 2.45) is 5.41 Å². The third kappa shape index (κ3) is 2.24. The van der Waals surface area contributed by atoms with E-state index in [1.54, 1.807) is 0 Å². The van der Waals surface area contributed by atoms with Crippen LogP contribution in [0.2, 0.25) is 5.02 Å². The van der Waals surface area contributed by atoms with E-state index in [0.29, 0.717) is 0 Å². The molecule has 0 aliphatic heterocycles. The van der Waals surface area contributed by atoms with Gasteiger partial charge in [-0.05, 0) is 30.0 Å². The lowest BCUT2D eigenvalue weighted by atomic mass is 9.77. The number of alkyl halides is 1. The minimum Gasteiger partial charge on any atom is -0.114 e. The van der Waals surface area contributed by atoms with Crippen LogP contribution in [-0.2, 0) is 4.87 Å². The Kier molecular flexibility index (Phi) is 3.18. The van der Waals surface area contributed by atoms with Gasteiger partial charge in [0, 0.05) is 5.02 Å². The van der Waals surface area contributed by atoms with E-state index in [1.807, 2.05) is 31.2 Å². The topological polar surface area (TPSA) is 0 Å². The molecule has 0 aromatic heterocycles. The first-order valence-electron chi connectivity index (χ1n) is 4.70. The second kappa shape index (κ2) is 3.75. The van der Waals surface area contributed by atoms with Crippen LogP contribution in [0.3, 0.4) is 0 Å². The smallest absolute Gasteiger partial charge is 0.0715 e. The Morgan fingerprint density at radius 1 is 1.07 bits per heavy atom. The molecule has 1 aromatic rings. The Morgan fingerprint density at radius 3 is 2.07 bits per heavy atom. The summed E-state index contributed by atoms with van der Waals surface area (Å²) in [5.74, 6) is 0. The van der Waals surface area contributed by atoms with Crippen LogP contribution in [0.5, 0.6) is 0 Å². The van der Waals surface area contributed by atoms with Crippen LogP contribution in [0.4, 0.5) is 0 Å². The minimum atomic E-state index is -0.391. The zero-order valence-corrected chi connectivity index (χ0v) is 10.6. The van der Waals surface area contributed by atoms with E-state index in [0.717, 1.165) is 10.6 Å². The molecule has 1 unspecified atom stereocenters. The first kappa shape index (κ1) is 11.9. The Bertz CT molecular complexity index is 321. The molecule has 0 saturated carbocycles. The SMILES string of the molecule is CC(C)(C)C(C)(Cl)c1cccc(Cl)c1. The van der Waals surface area contributed by atoms with E-state index in [1.165, 1.54) is 0 Å². The van der Waals surface area contributed by atoms with Gasteiger partial charge in [0.2, 0.25) is 0 Å². The van der Waals surface area contributed by atoms with Crippen LogP contribution >= 0.6 is 23.2 Å². The zero-order valence-electron chi connectivity index (χ0n) is 9.07. The molecule has 2 heteroatoms. The lowest BCUT2D eigenvalue weighted by Crippen LogP contribution is -2.31. The molecule has 0 fully saturated rings. The molecule has 14 heavy (non-hydrogen) atoms. The molecule has 0 heterocycles. The molecule has 0 nitrogen and oxygen atoms in total. The molecule has 0 spiro atoms. The molecule has 1 rings (SSSR count). The molecule has 1 aromatic carbocycles. The van der Waals surface area contributed by atoms with Gasteiger partial charge in [0.1, 0.15) is 0 Å². The van der Waals surface area contributed by atoms with Crippen LogP contribution in [0, 0.1) is 5.41 Å². The third-order valence-corrected chi connectivity index (χ3v) is 3.80. The third-order valence-electron chi connectivity index (χ3n) is 2.78. The van der Waals surface area contributed by atoms with Gasteiger partial charge in [-0.2, -0.15) is 0 Å². The van der Waals surface area contributed by atoms with Crippen LogP contribution in [-0.4, -0.2) is 0 Å². The monoisotopic (exact) mass is 230 g/mol. The van der Waals surface area contributed by atoms with Crippen LogP contribution < -0.4 is 0 Å². The minimum absolute atomic E-state index is 0.000756. The van der Waals surface area contributed by atoms with Gasteiger partial charge in [0.25, 0.3) is 0 Å². The maximum absolute atomic E-state index is 6.55. The molecular formula is C12H16Cl2. The van der Waals surface area contributed by atoms with Crippen LogP contribution in [0.15, 0.2) is 24.3 Å². The fraction of sp³-hybridized carbons (Fsp3) is 0.500. The van der Waals surface area contributed by atoms with Gasteiger partial charge < -0.3 is 0 Å². The largest absolute Gasteiger partial charge is 0.114 e. The van der Waals surface area contributed by atoms with E-state index in [4.69, 9.17) is 23.2 Å².